The molecular formula is C11H20O4. The number of hydrogen-bond donors (Lipinski definition) is 1. The van der Waals surface area contributed by atoms with Crippen molar-refractivity contribution in [1.82, 2.24) is 0 Å². The monoisotopic (exact) mass is 216 g/mol. The standard InChI is InChI=1S/C11H20O4/c1-11(2)7-14-10(12)9(11)15-8-5-3-4-6-13-8/h8-10,12H,3-7H2,1-2H3/t8?,9-,10?/m0/s1. The van der Waals surface area contributed by atoms with Crippen LogP contribution in [0.15, 0.2) is 0 Å². The van der Waals surface area contributed by atoms with Crippen LogP contribution >= 0.6 is 0 Å². The molecule has 2 saturated heterocycles. The van der Waals surface area contributed by atoms with E-state index in [1.165, 1.54) is 0 Å². The van der Waals surface area contributed by atoms with Crippen molar-refractivity contribution < 1.29 is 19.3 Å². The molecule has 4 heteroatoms. The van der Waals surface area contributed by atoms with E-state index in [4.69, 9.17) is 14.2 Å². The van der Waals surface area contributed by atoms with Crippen molar-refractivity contribution in [3.63, 3.8) is 0 Å². The van der Waals surface area contributed by atoms with Crippen LogP contribution in [0.25, 0.3) is 0 Å². The van der Waals surface area contributed by atoms with E-state index < -0.39 is 6.29 Å². The van der Waals surface area contributed by atoms with Crippen LogP contribution in [0.3, 0.4) is 0 Å². The first-order valence-electron chi connectivity index (χ1n) is 5.66. The third-order valence-corrected chi connectivity index (χ3v) is 3.09. The fourth-order valence-corrected chi connectivity index (χ4v) is 2.09. The van der Waals surface area contributed by atoms with Crippen LogP contribution in [0.4, 0.5) is 0 Å². The molecule has 88 valence electrons. The Morgan fingerprint density at radius 2 is 2.07 bits per heavy atom. The zero-order chi connectivity index (χ0) is 10.9. The Labute approximate surface area is 90.5 Å². The molecule has 2 aliphatic rings. The quantitative estimate of drug-likeness (QED) is 0.755. The summed E-state index contributed by atoms with van der Waals surface area (Å²) in [6.45, 7) is 5.37. The van der Waals surface area contributed by atoms with Crippen molar-refractivity contribution in [2.24, 2.45) is 5.41 Å². The highest BCUT2D eigenvalue weighted by molar-refractivity contribution is 4.87. The van der Waals surface area contributed by atoms with E-state index in [0.29, 0.717) is 6.61 Å². The Kier molecular flexibility index (Phi) is 3.30. The largest absolute Gasteiger partial charge is 0.366 e. The van der Waals surface area contributed by atoms with Gasteiger partial charge in [0.25, 0.3) is 0 Å². The Morgan fingerprint density at radius 3 is 2.60 bits per heavy atom. The lowest BCUT2D eigenvalue weighted by Crippen LogP contribution is -2.40. The summed E-state index contributed by atoms with van der Waals surface area (Å²) in [6.07, 6.45) is 1.90. The molecule has 4 nitrogen and oxygen atoms in total. The lowest BCUT2D eigenvalue weighted by Gasteiger charge is -2.32. The molecule has 2 unspecified atom stereocenters. The number of rotatable bonds is 2. The molecule has 0 amide bonds. The molecular weight excluding hydrogens is 196 g/mol. The Hall–Kier alpha value is -0.160. The molecule has 1 N–H and O–H groups in total. The lowest BCUT2D eigenvalue weighted by atomic mass is 9.89. The first-order chi connectivity index (χ1) is 7.09. The van der Waals surface area contributed by atoms with Crippen molar-refractivity contribution in [3.05, 3.63) is 0 Å². The molecule has 2 rings (SSSR count). The van der Waals surface area contributed by atoms with E-state index in [2.05, 4.69) is 0 Å². The minimum Gasteiger partial charge on any atom is -0.366 e. The predicted molar refractivity (Wildman–Crippen MR) is 54.2 cm³/mol. The summed E-state index contributed by atoms with van der Waals surface area (Å²) in [5, 5.41) is 9.65. The second-order valence-electron chi connectivity index (χ2n) is 5.04. The van der Waals surface area contributed by atoms with Crippen molar-refractivity contribution in [2.45, 2.75) is 51.8 Å². The molecule has 0 radical (unpaired) electrons. The fourth-order valence-electron chi connectivity index (χ4n) is 2.09. The van der Waals surface area contributed by atoms with Crippen LogP contribution < -0.4 is 0 Å². The summed E-state index contributed by atoms with van der Waals surface area (Å²) in [6, 6.07) is 0. The van der Waals surface area contributed by atoms with E-state index in [0.717, 1.165) is 25.9 Å². The third-order valence-electron chi connectivity index (χ3n) is 3.09. The van der Waals surface area contributed by atoms with Gasteiger partial charge < -0.3 is 19.3 Å². The number of aliphatic hydroxyl groups excluding tert-OH is 1. The van der Waals surface area contributed by atoms with Gasteiger partial charge in [0.2, 0.25) is 0 Å². The molecule has 0 bridgehead atoms. The van der Waals surface area contributed by atoms with Crippen LogP contribution in [0.2, 0.25) is 0 Å². The average Bonchev–Trinajstić information content (AvgIpc) is 2.47. The minimum atomic E-state index is -0.814. The van der Waals surface area contributed by atoms with E-state index in [1.807, 2.05) is 13.8 Å². The third kappa shape index (κ3) is 2.50. The first kappa shape index (κ1) is 11.3. The summed E-state index contributed by atoms with van der Waals surface area (Å²) < 4.78 is 16.5. The van der Waals surface area contributed by atoms with Crippen LogP contribution in [-0.2, 0) is 14.2 Å². The number of hydrogen-bond acceptors (Lipinski definition) is 4. The average molecular weight is 216 g/mol. The molecule has 0 aromatic heterocycles. The molecule has 0 aromatic carbocycles. The zero-order valence-electron chi connectivity index (χ0n) is 9.44. The van der Waals surface area contributed by atoms with Crippen molar-refractivity contribution in [1.29, 1.82) is 0 Å². The molecule has 0 saturated carbocycles. The Balaban J connectivity index is 1.91. The topological polar surface area (TPSA) is 47.9 Å². The summed E-state index contributed by atoms with van der Waals surface area (Å²) in [5.74, 6) is 0. The Morgan fingerprint density at radius 1 is 1.27 bits per heavy atom. The fraction of sp³-hybridized carbons (Fsp3) is 1.00. The second kappa shape index (κ2) is 4.37. The first-order valence-corrected chi connectivity index (χ1v) is 5.66. The van der Waals surface area contributed by atoms with Gasteiger partial charge in [-0.3, -0.25) is 0 Å². The van der Waals surface area contributed by atoms with Crippen molar-refractivity contribution >= 4 is 0 Å². The van der Waals surface area contributed by atoms with E-state index in [1.54, 1.807) is 0 Å². The molecule has 15 heavy (non-hydrogen) atoms. The van der Waals surface area contributed by atoms with E-state index in [9.17, 15) is 5.11 Å². The van der Waals surface area contributed by atoms with Crippen LogP contribution in [0.1, 0.15) is 33.1 Å². The molecule has 0 spiro atoms. The van der Waals surface area contributed by atoms with Gasteiger partial charge in [0.05, 0.1) is 6.61 Å². The summed E-state index contributed by atoms with van der Waals surface area (Å²) in [7, 11) is 0. The van der Waals surface area contributed by atoms with Gasteiger partial charge in [-0.2, -0.15) is 0 Å². The molecule has 0 aliphatic carbocycles. The van der Waals surface area contributed by atoms with Crippen LogP contribution in [-0.4, -0.2) is 37.0 Å². The van der Waals surface area contributed by atoms with Crippen LogP contribution in [0, 0.1) is 5.41 Å². The molecule has 2 heterocycles. The van der Waals surface area contributed by atoms with Gasteiger partial charge in [-0.05, 0) is 19.3 Å². The van der Waals surface area contributed by atoms with Gasteiger partial charge in [0, 0.05) is 12.0 Å². The SMILES string of the molecule is CC1(C)COC(O)[C@@H]1OC1CCCCO1. The molecule has 3 atom stereocenters. The van der Waals surface area contributed by atoms with E-state index >= 15 is 0 Å². The number of aliphatic hydroxyl groups is 1. The Bertz CT molecular complexity index is 211. The zero-order valence-corrected chi connectivity index (χ0v) is 9.44. The predicted octanol–water partition coefficient (Wildman–Crippen LogP) is 1.27. The summed E-state index contributed by atoms with van der Waals surface area (Å²) >= 11 is 0. The normalized spacial score (nSPS) is 40.6. The van der Waals surface area contributed by atoms with Crippen molar-refractivity contribution in [2.75, 3.05) is 13.2 Å². The molecule has 2 fully saturated rings. The maximum Gasteiger partial charge on any atom is 0.181 e. The van der Waals surface area contributed by atoms with Gasteiger partial charge in [0.15, 0.2) is 12.6 Å². The van der Waals surface area contributed by atoms with Gasteiger partial charge in [-0.15, -0.1) is 0 Å². The maximum absolute atomic E-state index is 9.65. The lowest BCUT2D eigenvalue weighted by molar-refractivity contribution is -0.234. The highest BCUT2D eigenvalue weighted by Gasteiger charge is 2.44. The molecule has 0 aromatic rings. The second-order valence-corrected chi connectivity index (χ2v) is 5.04. The highest BCUT2D eigenvalue weighted by atomic mass is 16.7. The smallest absolute Gasteiger partial charge is 0.181 e. The molecule has 2 aliphatic heterocycles. The van der Waals surface area contributed by atoms with Crippen molar-refractivity contribution in [3.8, 4) is 0 Å². The van der Waals surface area contributed by atoms with Gasteiger partial charge in [0.1, 0.15) is 6.10 Å². The summed E-state index contributed by atoms with van der Waals surface area (Å²) in [5.41, 5.74) is -0.139. The van der Waals surface area contributed by atoms with Gasteiger partial charge >= 0.3 is 0 Å². The van der Waals surface area contributed by atoms with Gasteiger partial charge in [-0.1, -0.05) is 13.8 Å². The minimum absolute atomic E-state index is 0.139. The summed E-state index contributed by atoms with van der Waals surface area (Å²) in [4.78, 5) is 0. The van der Waals surface area contributed by atoms with Crippen LogP contribution in [0.5, 0.6) is 0 Å². The highest BCUT2D eigenvalue weighted by Crippen LogP contribution is 2.35. The van der Waals surface area contributed by atoms with Gasteiger partial charge in [-0.25, -0.2) is 0 Å². The maximum atomic E-state index is 9.65. The number of ether oxygens (including phenoxy) is 3. The van der Waals surface area contributed by atoms with E-state index in [-0.39, 0.29) is 17.8 Å².